The smallest absolute Gasteiger partial charge is 0.175 e. The van der Waals surface area contributed by atoms with E-state index >= 15 is 0 Å². The lowest BCUT2D eigenvalue weighted by Crippen LogP contribution is -2.11. The van der Waals surface area contributed by atoms with Crippen molar-refractivity contribution in [3.8, 4) is 5.75 Å². The third-order valence-corrected chi connectivity index (χ3v) is 4.14. The molecular weight excluding hydrogens is 290 g/mol. The van der Waals surface area contributed by atoms with Gasteiger partial charge < -0.3 is 15.6 Å². The summed E-state index contributed by atoms with van der Waals surface area (Å²) in [5.74, 6) is 0.482. The molecule has 112 valence electrons. The van der Waals surface area contributed by atoms with Gasteiger partial charge in [-0.25, -0.2) is 8.42 Å². The highest BCUT2D eigenvalue weighted by Crippen LogP contribution is 2.22. The second kappa shape index (κ2) is 6.15. The molecule has 0 aromatic heterocycles. The number of benzene rings is 2. The van der Waals surface area contributed by atoms with E-state index in [9.17, 15) is 13.5 Å². The van der Waals surface area contributed by atoms with Crippen LogP contribution in [0.15, 0.2) is 53.4 Å². The summed E-state index contributed by atoms with van der Waals surface area (Å²) in [5, 5.41) is 10.0. The Hall–Kier alpha value is -2.05. The van der Waals surface area contributed by atoms with Gasteiger partial charge in [-0.1, -0.05) is 18.2 Å². The maximum atomic E-state index is 11.3. The number of anilines is 1. The summed E-state index contributed by atoms with van der Waals surface area (Å²) < 4.78 is 28.1. The zero-order valence-electron chi connectivity index (χ0n) is 11.6. The van der Waals surface area contributed by atoms with Crippen molar-refractivity contribution in [3.63, 3.8) is 0 Å². The minimum atomic E-state index is -3.22. The van der Waals surface area contributed by atoms with Crippen molar-refractivity contribution in [2.45, 2.75) is 11.0 Å². The highest BCUT2D eigenvalue weighted by molar-refractivity contribution is 7.90. The van der Waals surface area contributed by atoms with E-state index in [1.165, 1.54) is 12.1 Å². The quantitative estimate of drug-likeness (QED) is 0.822. The van der Waals surface area contributed by atoms with Gasteiger partial charge in [0.05, 0.1) is 4.90 Å². The average molecular weight is 307 g/mol. The van der Waals surface area contributed by atoms with E-state index in [0.717, 1.165) is 6.26 Å². The number of ether oxygens (including phenoxy) is 1. The van der Waals surface area contributed by atoms with E-state index in [2.05, 4.69) is 0 Å². The van der Waals surface area contributed by atoms with Crippen LogP contribution in [0.1, 0.15) is 11.7 Å². The Labute approximate surface area is 123 Å². The molecule has 2 rings (SSSR count). The van der Waals surface area contributed by atoms with E-state index < -0.39 is 15.9 Å². The van der Waals surface area contributed by atoms with Gasteiger partial charge in [-0.15, -0.1) is 0 Å². The molecule has 2 aromatic carbocycles. The number of nitrogen functional groups attached to an aromatic ring is 1. The van der Waals surface area contributed by atoms with Crippen LogP contribution in [0.4, 0.5) is 5.69 Å². The van der Waals surface area contributed by atoms with Crippen LogP contribution in [0.3, 0.4) is 0 Å². The zero-order valence-corrected chi connectivity index (χ0v) is 12.4. The average Bonchev–Trinajstić information content (AvgIpc) is 2.45. The van der Waals surface area contributed by atoms with Crippen molar-refractivity contribution in [1.82, 2.24) is 0 Å². The Morgan fingerprint density at radius 2 is 1.76 bits per heavy atom. The molecule has 0 saturated carbocycles. The van der Waals surface area contributed by atoms with E-state index in [-0.39, 0.29) is 11.5 Å². The molecule has 0 bridgehead atoms. The fourth-order valence-electron chi connectivity index (χ4n) is 1.86. The highest BCUT2D eigenvalue weighted by atomic mass is 32.2. The fraction of sp³-hybridized carbons (Fsp3) is 0.200. The Morgan fingerprint density at radius 1 is 1.14 bits per heavy atom. The topological polar surface area (TPSA) is 89.6 Å². The minimum absolute atomic E-state index is 0.0342. The molecule has 1 atom stereocenters. The van der Waals surface area contributed by atoms with Crippen LogP contribution < -0.4 is 10.5 Å². The lowest BCUT2D eigenvalue weighted by Gasteiger charge is -2.14. The number of para-hydroxylation sites is 1. The molecule has 0 fully saturated rings. The normalized spacial score (nSPS) is 12.9. The Balaban J connectivity index is 2.02. The first-order valence-corrected chi connectivity index (χ1v) is 8.22. The van der Waals surface area contributed by atoms with Crippen molar-refractivity contribution in [1.29, 1.82) is 0 Å². The maximum Gasteiger partial charge on any atom is 0.175 e. The number of sulfone groups is 1. The molecule has 0 spiro atoms. The van der Waals surface area contributed by atoms with Crippen molar-refractivity contribution in [2.75, 3.05) is 18.6 Å². The van der Waals surface area contributed by atoms with Gasteiger partial charge in [0.15, 0.2) is 9.84 Å². The predicted octanol–water partition coefficient (Wildman–Crippen LogP) is 1.78. The van der Waals surface area contributed by atoms with E-state index in [1.807, 2.05) is 0 Å². The molecule has 3 N–H and O–H groups in total. The SMILES string of the molecule is CS(=O)(=O)c1ccc(OCC(O)c2ccccc2N)cc1. The molecule has 0 saturated heterocycles. The summed E-state index contributed by atoms with van der Waals surface area (Å²) in [5.41, 5.74) is 6.88. The summed E-state index contributed by atoms with van der Waals surface area (Å²) in [4.78, 5) is 0.225. The van der Waals surface area contributed by atoms with Crippen LogP contribution in [0.2, 0.25) is 0 Å². The van der Waals surface area contributed by atoms with E-state index in [0.29, 0.717) is 17.0 Å². The van der Waals surface area contributed by atoms with Gasteiger partial charge in [0, 0.05) is 17.5 Å². The number of hydrogen-bond donors (Lipinski definition) is 2. The first-order valence-electron chi connectivity index (χ1n) is 6.33. The molecular formula is C15H17NO4S. The van der Waals surface area contributed by atoms with Crippen molar-refractivity contribution in [3.05, 3.63) is 54.1 Å². The second-order valence-electron chi connectivity index (χ2n) is 4.70. The molecule has 6 heteroatoms. The predicted molar refractivity (Wildman–Crippen MR) is 80.9 cm³/mol. The fourth-order valence-corrected chi connectivity index (χ4v) is 2.49. The summed E-state index contributed by atoms with van der Waals surface area (Å²) in [6.07, 6.45) is 0.297. The molecule has 1 unspecified atom stereocenters. The second-order valence-corrected chi connectivity index (χ2v) is 6.72. The first-order chi connectivity index (χ1) is 9.88. The molecule has 0 radical (unpaired) electrons. The van der Waals surface area contributed by atoms with E-state index in [4.69, 9.17) is 10.5 Å². The van der Waals surface area contributed by atoms with Crippen LogP contribution >= 0.6 is 0 Å². The van der Waals surface area contributed by atoms with Gasteiger partial charge in [-0.3, -0.25) is 0 Å². The van der Waals surface area contributed by atoms with Gasteiger partial charge in [0.2, 0.25) is 0 Å². The molecule has 5 nitrogen and oxygen atoms in total. The number of hydrogen-bond acceptors (Lipinski definition) is 5. The maximum absolute atomic E-state index is 11.3. The third kappa shape index (κ3) is 3.96. The van der Waals surface area contributed by atoms with Crippen LogP contribution in [0.5, 0.6) is 5.75 Å². The van der Waals surface area contributed by atoms with Crippen molar-refractivity contribution >= 4 is 15.5 Å². The molecule has 0 heterocycles. The van der Waals surface area contributed by atoms with Crippen LogP contribution in [-0.2, 0) is 9.84 Å². The number of aliphatic hydroxyl groups excluding tert-OH is 1. The van der Waals surface area contributed by atoms with Crippen LogP contribution in [-0.4, -0.2) is 26.4 Å². The Morgan fingerprint density at radius 3 is 2.33 bits per heavy atom. The number of rotatable bonds is 5. The number of aliphatic hydroxyl groups is 1. The summed E-state index contributed by atoms with van der Waals surface area (Å²) in [6.45, 7) is 0.0342. The molecule has 0 aliphatic rings. The molecule has 0 aliphatic carbocycles. The lowest BCUT2D eigenvalue weighted by molar-refractivity contribution is 0.109. The van der Waals surface area contributed by atoms with Crippen LogP contribution in [0, 0.1) is 0 Å². The largest absolute Gasteiger partial charge is 0.491 e. The van der Waals surface area contributed by atoms with Gasteiger partial charge in [-0.2, -0.15) is 0 Å². The minimum Gasteiger partial charge on any atom is -0.491 e. The molecule has 0 amide bonds. The Bertz CT molecular complexity index is 711. The summed E-state index contributed by atoms with van der Waals surface area (Å²) >= 11 is 0. The third-order valence-electron chi connectivity index (χ3n) is 3.01. The van der Waals surface area contributed by atoms with Gasteiger partial charge in [0.1, 0.15) is 18.5 Å². The van der Waals surface area contributed by atoms with Gasteiger partial charge in [-0.05, 0) is 30.3 Å². The summed E-state index contributed by atoms with van der Waals surface area (Å²) in [6, 6.07) is 13.1. The zero-order chi connectivity index (χ0) is 15.5. The standard InChI is InChI=1S/C15H17NO4S/c1-21(18,19)12-8-6-11(7-9-12)20-10-15(17)13-4-2-3-5-14(13)16/h2-9,15,17H,10,16H2,1H3. The molecule has 0 aliphatic heterocycles. The summed E-state index contributed by atoms with van der Waals surface area (Å²) in [7, 11) is -3.22. The van der Waals surface area contributed by atoms with Gasteiger partial charge >= 0.3 is 0 Å². The van der Waals surface area contributed by atoms with Crippen molar-refractivity contribution in [2.24, 2.45) is 0 Å². The van der Waals surface area contributed by atoms with E-state index in [1.54, 1.807) is 36.4 Å². The van der Waals surface area contributed by atoms with Crippen LogP contribution in [0.25, 0.3) is 0 Å². The van der Waals surface area contributed by atoms with Crippen molar-refractivity contribution < 1.29 is 18.3 Å². The molecule has 21 heavy (non-hydrogen) atoms. The molecule has 2 aromatic rings. The lowest BCUT2D eigenvalue weighted by atomic mass is 10.1. The first kappa shape index (κ1) is 15.3. The number of nitrogens with two attached hydrogens (primary N) is 1. The van der Waals surface area contributed by atoms with Gasteiger partial charge in [0.25, 0.3) is 0 Å². The monoisotopic (exact) mass is 307 g/mol. The Kier molecular flexibility index (Phi) is 4.50. The highest BCUT2D eigenvalue weighted by Gasteiger charge is 2.12.